The standard InChI is InChI=1S/C25H34N2O/c28-22-23-16-18-25(19-17-23)27-20-12-9-7-5-3-1-2-4-6-8-10-14-24-15-11-13-21-26-24/h10-11,13-19,21-22,27H,1-9,12,20H2/b14-10+. The smallest absolute Gasteiger partial charge is 0.150 e. The molecule has 3 heteroatoms. The van der Waals surface area contributed by atoms with Gasteiger partial charge in [0.05, 0.1) is 5.69 Å². The number of rotatable bonds is 15. The summed E-state index contributed by atoms with van der Waals surface area (Å²) in [6.07, 6.45) is 20.1. The fraction of sp³-hybridized carbons (Fsp3) is 0.440. The van der Waals surface area contributed by atoms with Crippen LogP contribution in [0, 0.1) is 0 Å². The molecule has 0 bridgehead atoms. The lowest BCUT2D eigenvalue weighted by Gasteiger charge is -2.06. The summed E-state index contributed by atoms with van der Waals surface area (Å²) < 4.78 is 0. The Bertz CT molecular complexity index is 665. The van der Waals surface area contributed by atoms with Gasteiger partial charge >= 0.3 is 0 Å². The summed E-state index contributed by atoms with van der Waals surface area (Å²) in [7, 11) is 0. The minimum Gasteiger partial charge on any atom is -0.385 e. The molecular formula is C25H34N2O. The second kappa shape index (κ2) is 14.6. The molecule has 3 nitrogen and oxygen atoms in total. The predicted molar refractivity (Wildman–Crippen MR) is 120 cm³/mol. The van der Waals surface area contributed by atoms with Crippen LogP contribution in [0.2, 0.25) is 0 Å². The van der Waals surface area contributed by atoms with Crippen molar-refractivity contribution in [2.24, 2.45) is 0 Å². The maximum absolute atomic E-state index is 10.6. The molecular weight excluding hydrogens is 344 g/mol. The van der Waals surface area contributed by atoms with Crippen LogP contribution in [0.5, 0.6) is 0 Å². The van der Waals surface area contributed by atoms with Crippen molar-refractivity contribution in [3.05, 3.63) is 66.0 Å². The Labute approximate surface area is 170 Å². The van der Waals surface area contributed by atoms with E-state index in [1.165, 1.54) is 57.8 Å². The zero-order chi connectivity index (χ0) is 19.7. The van der Waals surface area contributed by atoms with Crippen molar-refractivity contribution in [3.63, 3.8) is 0 Å². The first-order chi connectivity index (χ1) is 13.9. The van der Waals surface area contributed by atoms with Crippen molar-refractivity contribution in [2.45, 2.75) is 64.2 Å². The Morgan fingerprint density at radius 2 is 1.46 bits per heavy atom. The number of aromatic nitrogens is 1. The van der Waals surface area contributed by atoms with Crippen LogP contribution < -0.4 is 5.32 Å². The van der Waals surface area contributed by atoms with Crippen LogP contribution in [-0.4, -0.2) is 17.8 Å². The van der Waals surface area contributed by atoms with Gasteiger partial charge in [-0.1, -0.05) is 57.1 Å². The maximum Gasteiger partial charge on any atom is 0.150 e. The van der Waals surface area contributed by atoms with Crippen molar-refractivity contribution < 1.29 is 4.79 Å². The fourth-order valence-corrected chi connectivity index (χ4v) is 3.22. The van der Waals surface area contributed by atoms with Crippen molar-refractivity contribution in [1.29, 1.82) is 0 Å². The highest BCUT2D eigenvalue weighted by atomic mass is 16.1. The van der Waals surface area contributed by atoms with Gasteiger partial charge in [-0.3, -0.25) is 9.78 Å². The van der Waals surface area contributed by atoms with Gasteiger partial charge in [0.1, 0.15) is 6.29 Å². The molecule has 0 aliphatic carbocycles. The third kappa shape index (κ3) is 10.1. The molecule has 28 heavy (non-hydrogen) atoms. The lowest BCUT2D eigenvalue weighted by molar-refractivity contribution is 0.112. The molecule has 0 aliphatic rings. The average molecular weight is 379 g/mol. The Kier molecular flexibility index (Phi) is 11.4. The number of aldehydes is 1. The molecule has 1 aromatic heterocycles. The SMILES string of the molecule is O=Cc1ccc(NCCCCCCCCCCC/C=C/c2ccccn2)cc1. The first-order valence-electron chi connectivity index (χ1n) is 10.8. The van der Waals surface area contributed by atoms with Gasteiger partial charge in [-0.15, -0.1) is 0 Å². The number of hydrogen-bond donors (Lipinski definition) is 1. The summed E-state index contributed by atoms with van der Waals surface area (Å²) in [5.41, 5.74) is 2.88. The van der Waals surface area contributed by atoms with Crippen LogP contribution in [0.1, 0.15) is 80.3 Å². The van der Waals surface area contributed by atoms with E-state index in [1.807, 2.05) is 48.7 Å². The lowest BCUT2D eigenvalue weighted by atomic mass is 10.1. The van der Waals surface area contributed by atoms with E-state index in [2.05, 4.69) is 22.5 Å². The molecule has 1 aromatic carbocycles. The van der Waals surface area contributed by atoms with Crippen LogP contribution in [0.4, 0.5) is 5.69 Å². The van der Waals surface area contributed by atoms with E-state index in [1.54, 1.807) is 0 Å². The summed E-state index contributed by atoms with van der Waals surface area (Å²) in [5, 5.41) is 3.42. The van der Waals surface area contributed by atoms with Gasteiger partial charge in [0.2, 0.25) is 0 Å². The summed E-state index contributed by atoms with van der Waals surface area (Å²) >= 11 is 0. The van der Waals surface area contributed by atoms with Gasteiger partial charge in [0.25, 0.3) is 0 Å². The fourth-order valence-electron chi connectivity index (χ4n) is 3.22. The third-order valence-corrected chi connectivity index (χ3v) is 4.90. The van der Waals surface area contributed by atoms with E-state index in [0.29, 0.717) is 0 Å². The van der Waals surface area contributed by atoms with Crippen molar-refractivity contribution in [3.8, 4) is 0 Å². The van der Waals surface area contributed by atoms with Crippen LogP contribution in [-0.2, 0) is 0 Å². The topological polar surface area (TPSA) is 42.0 Å². The second-order valence-corrected chi connectivity index (χ2v) is 7.29. The molecule has 0 radical (unpaired) electrons. The molecule has 0 fully saturated rings. The van der Waals surface area contributed by atoms with Gasteiger partial charge in [-0.05, 0) is 61.7 Å². The predicted octanol–water partition coefficient (Wildman–Crippen LogP) is 6.92. The number of carbonyl (C=O) groups is 1. The number of anilines is 1. The lowest BCUT2D eigenvalue weighted by Crippen LogP contribution is -2.01. The molecule has 2 aromatic rings. The monoisotopic (exact) mass is 378 g/mol. The molecule has 0 aliphatic heterocycles. The molecule has 1 N–H and O–H groups in total. The summed E-state index contributed by atoms with van der Waals surface area (Å²) in [6, 6.07) is 13.7. The highest BCUT2D eigenvalue weighted by molar-refractivity contribution is 5.75. The molecule has 0 amide bonds. The molecule has 150 valence electrons. The summed E-state index contributed by atoms with van der Waals surface area (Å²) in [6.45, 7) is 1.01. The van der Waals surface area contributed by atoms with Crippen LogP contribution >= 0.6 is 0 Å². The maximum atomic E-state index is 10.6. The van der Waals surface area contributed by atoms with Crippen LogP contribution in [0.25, 0.3) is 6.08 Å². The summed E-state index contributed by atoms with van der Waals surface area (Å²) in [5.74, 6) is 0. The minimum atomic E-state index is 0.728. The zero-order valence-corrected chi connectivity index (χ0v) is 17.0. The van der Waals surface area contributed by atoms with E-state index < -0.39 is 0 Å². The molecule has 0 spiro atoms. The number of allylic oxidation sites excluding steroid dienone is 1. The number of hydrogen-bond acceptors (Lipinski definition) is 3. The Morgan fingerprint density at radius 3 is 2.11 bits per heavy atom. The number of pyridine rings is 1. The Balaban J connectivity index is 1.34. The van der Waals surface area contributed by atoms with Gasteiger partial charge in [0, 0.05) is 24.0 Å². The van der Waals surface area contributed by atoms with Crippen molar-refractivity contribution in [2.75, 3.05) is 11.9 Å². The van der Waals surface area contributed by atoms with Crippen molar-refractivity contribution >= 4 is 18.0 Å². The quantitative estimate of drug-likeness (QED) is 0.270. The highest BCUT2D eigenvalue weighted by Gasteiger charge is 1.95. The van der Waals surface area contributed by atoms with Crippen LogP contribution in [0.15, 0.2) is 54.7 Å². The van der Waals surface area contributed by atoms with Gasteiger partial charge in [-0.2, -0.15) is 0 Å². The van der Waals surface area contributed by atoms with Crippen molar-refractivity contribution in [1.82, 2.24) is 4.98 Å². The van der Waals surface area contributed by atoms with Gasteiger partial charge in [-0.25, -0.2) is 0 Å². The van der Waals surface area contributed by atoms with E-state index in [-0.39, 0.29) is 0 Å². The van der Waals surface area contributed by atoms with E-state index in [4.69, 9.17) is 0 Å². The Morgan fingerprint density at radius 1 is 0.786 bits per heavy atom. The first kappa shape index (κ1) is 21.9. The van der Waals surface area contributed by atoms with E-state index in [9.17, 15) is 4.79 Å². The largest absolute Gasteiger partial charge is 0.385 e. The number of carbonyl (C=O) groups excluding carboxylic acids is 1. The average Bonchev–Trinajstić information content (AvgIpc) is 2.75. The second-order valence-electron chi connectivity index (χ2n) is 7.29. The third-order valence-electron chi connectivity index (χ3n) is 4.90. The number of unbranched alkanes of at least 4 members (excludes halogenated alkanes) is 9. The zero-order valence-electron chi connectivity index (χ0n) is 17.0. The summed E-state index contributed by atoms with van der Waals surface area (Å²) in [4.78, 5) is 14.9. The van der Waals surface area contributed by atoms with Gasteiger partial charge < -0.3 is 5.32 Å². The normalized spacial score (nSPS) is 11.0. The highest BCUT2D eigenvalue weighted by Crippen LogP contribution is 2.12. The first-order valence-corrected chi connectivity index (χ1v) is 10.8. The van der Waals surface area contributed by atoms with Crippen LogP contribution in [0.3, 0.4) is 0 Å². The molecule has 2 rings (SSSR count). The van der Waals surface area contributed by atoms with E-state index >= 15 is 0 Å². The van der Waals surface area contributed by atoms with Gasteiger partial charge in [0.15, 0.2) is 0 Å². The molecule has 0 saturated heterocycles. The molecule has 1 heterocycles. The Hall–Kier alpha value is -2.42. The number of nitrogens with zero attached hydrogens (tertiary/aromatic N) is 1. The number of nitrogens with one attached hydrogen (secondary N) is 1. The molecule has 0 saturated carbocycles. The minimum absolute atomic E-state index is 0.728. The molecule has 0 unspecified atom stereocenters. The van der Waals surface area contributed by atoms with E-state index in [0.717, 1.165) is 36.2 Å². The molecule has 0 atom stereocenters. The number of benzene rings is 1.